The van der Waals surface area contributed by atoms with Gasteiger partial charge in [-0.15, -0.1) is 0 Å². The van der Waals surface area contributed by atoms with Crippen molar-refractivity contribution < 1.29 is 4.74 Å². The maximum atomic E-state index is 5.52. The Morgan fingerprint density at radius 1 is 1.33 bits per heavy atom. The molecule has 0 unspecified atom stereocenters. The van der Waals surface area contributed by atoms with E-state index in [-0.39, 0.29) is 5.41 Å². The number of ether oxygens (including phenoxy) is 1. The molecular formula is C15H20N2O. The quantitative estimate of drug-likeness (QED) is 0.866. The number of benzene rings is 1. The molecule has 1 fully saturated rings. The molecule has 18 heavy (non-hydrogen) atoms. The maximum Gasteiger partial charge on any atom is 0.0587 e. The highest BCUT2D eigenvalue weighted by Gasteiger charge is 2.42. The van der Waals surface area contributed by atoms with Crippen molar-refractivity contribution in [1.82, 2.24) is 10.3 Å². The largest absolute Gasteiger partial charge is 0.379 e. The number of fused-ring (bicyclic) bond motifs is 1. The zero-order valence-electron chi connectivity index (χ0n) is 11.0. The molecule has 2 N–H and O–H groups in total. The van der Waals surface area contributed by atoms with Crippen LogP contribution in [0.25, 0.3) is 10.9 Å². The van der Waals surface area contributed by atoms with Crippen molar-refractivity contribution >= 4 is 10.9 Å². The fraction of sp³-hybridized carbons (Fsp3) is 0.467. The second kappa shape index (κ2) is 4.41. The first-order valence-corrected chi connectivity index (χ1v) is 6.57. The zero-order valence-corrected chi connectivity index (χ0v) is 11.0. The lowest BCUT2D eigenvalue weighted by Crippen LogP contribution is -2.48. The molecule has 0 aliphatic carbocycles. The van der Waals surface area contributed by atoms with Gasteiger partial charge in [-0.1, -0.05) is 18.2 Å². The molecule has 1 aliphatic rings. The van der Waals surface area contributed by atoms with Crippen molar-refractivity contribution in [3.8, 4) is 0 Å². The lowest BCUT2D eigenvalue weighted by Gasteiger charge is -2.42. The highest BCUT2D eigenvalue weighted by atomic mass is 16.5. The summed E-state index contributed by atoms with van der Waals surface area (Å²) in [4.78, 5) is 3.50. The average molecular weight is 244 g/mol. The van der Waals surface area contributed by atoms with Crippen LogP contribution in [-0.4, -0.2) is 31.8 Å². The summed E-state index contributed by atoms with van der Waals surface area (Å²) in [5.41, 5.74) is 4.18. The van der Waals surface area contributed by atoms with E-state index in [0.29, 0.717) is 0 Å². The SMILES string of the molecule is CNCCC1(c2c(C)[nH]c3ccccc23)COC1. The van der Waals surface area contributed by atoms with Gasteiger partial charge in [0, 0.05) is 22.0 Å². The van der Waals surface area contributed by atoms with Crippen LogP contribution >= 0.6 is 0 Å². The van der Waals surface area contributed by atoms with E-state index in [4.69, 9.17) is 4.74 Å². The van der Waals surface area contributed by atoms with Crippen molar-refractivity contribution in [1.29, 1.82) is 0 Å². The molecule has 0 saturated carbocycles. The molecule has 3 nitrogen and oxygen atoms in total. The van der Waals surface area contributed by atoms with Gasteiger partial charge in [0.15, 0.2) is 0 Å². The first-order valence-electron chi connectivity index (χ1n) is 6.57. The molecule has 1 aliphatic heterocycles. The molecule has 0 atom stereocenters. The zero-order chi connectivity index (χ0) is 12.6. The monoisotopic (exact) mass is 244 g/mol. The van der Waals surface area contributed by atoms with Gasteiger partial charge in [0.1, 0.15) is 0 Å². The Morgan fingerprint density at radius 2 is 2.11 bits per heavy atom. The van der Waals surface area contributed by atoms with Crippen LogP contribution in [-0.2, 0) is 10.2 Å². The summed E-state index contributed by atoms with van der Waals surface area (Å²) in [6.45, 7) is 4.89. The Hall–Kier alpha value is -1.32. The van der Waals surface area contributed by atoms with Gasteiger partial charge in [-0.2, -0.15) is 0 Å². The summed E-state index contributed by atoms with van der Waals surface area (Å²) in [6, 6.07) is 8.56. The molecule has 1 saturated heterocycles. The molecule has 0 spiro atoms. The summed E-state index contributed by atoms with van der Waals surface area (Å²) < 4.78 is 5.52. The number of aromatic amines is 1. The first-order chi connectivity index (χ1) is 8.77. The third-order valence-corrected chi connectivity index (χ3v) is 4.03. The third kappa shape index (κ3) is 1.66. The summed E-state index contributed by atoms with van der Waals surface area (Å²) >= 11 is 0. The molecule has 2 heterocycles. The van der Waals surface area contributed by atoms with Crippen LogP contribution in [0.4, 0.5) is 0 Å². The van der Waals surface area contributed by atoms with E-state index in [2.05, 4.69) is 41.5 Å². The number of hydrogen-bond acceptors (Lipinski definition) is 2. The standard InChI is InChI=1S/C15H20N2O/c1-11-14(12-5-3-4-6-13(12)17-11)15(7-8-16-2)9-18-10-15/h3-6,16-17H,7-10H2,1-2H3. The van der Waals surface area contributed by atoms with Crippen molar-refractivity contribution in [2.45, 2.75) is 18.8 Å². The van der Waals surface area contributed by atoms with Crippen LogP contribution in [0.15, 0.2) is 24.3 Å². The molecule has 0 radical (unpaired) electrons. The Labute approximate surface area is 108 Å². The van der Waals surface area contributed by atoms with E-state index in [1.165, 1.54) is 22.2 Å². The minimum absolute atomic E-state index is 0.201. The lowest BCUT2D eigenvalue weighted by atomic mass is 9.74. The highest BCUT2D eigenvalue weighted by molar-refractivity contribution is 5.86. The summed E-state index contributed by atoms with van der Waals surface area (Å²) in [5, 5.41) is 4.61. The first kappa shape index (κ1) is 11.8. The normalized spacial score (nSPS) is 17.9. The molecule has 96 valence electrons. The summed E-state index contributed by atoms with van der Waals surface area (Å²) in [5.74, 6) is 0. The van der Waals surface area contributed by atoms with E-state index in [9.17, 15) is 0 Å². The Kier molecular flexibility index (Phi) is 2.88. The molecular weight excluding hydrogens is 224 g/mol. The van der Waals surface area contributed by atoms with Gasteiger partial charge >= 0.3 is 0 Å². The number of para-hydroxylation sites is 1. The van der Waals surface area contributed by atoms with Gasteiger partial charge in [-0.05, 0) is 38.6 Å². The number of rotatable bonds is 4. The van der Waals surface area contributed by atoms with E-state index >= 15 is 0 Å². The lowest BCUT2D eigenvalue weighted by molar-refractivity contribution is -0.0633. The Bertz CT molecular complexity index is 555. The van der Waals surface area contributed by atoms with Crippen LogP contribution in [0.3, 0.4) is 0 Å². The summed E-state index contributed by atoms with van der Waals surface area (Å²) in [6.07, 6.45) is 1.13. The van der Waals surface area contributed by atoms with E-state index in [1.54, 1.807) is 0 Å². The van der Waals surface area contributed by atoms with E-state index in [1.807, 2.05) is 7.05 Å². The van der Waals surface area contributed by atoms with Crippen LogP contribution in [0.1, 0.15) is 17.7 Å². The minimum atomic E-state index is 0.201. The fourth-order valence-electron chi connectivity index (χ4n) is 3.09. The van der Waals surface area contributed by atoms with E-state index in [0.717, 1.165) is 26.2 Å². The van der Waals surface area contributed by atoms with Gasteiger partial charge in [0.05, 0.1) is 13.2 Å². The molecule has 0 bridgehead atoms. The fourth-order valence-corrected chi connectivity index (χ4v) is 3.09. The Morgan fingerprint density at radius 3 is 2.78 bits per heavy atom. The van der Waals surface area contributed by atoms with Gasteiger partial charge < -0.3 is 15.0 Å². The van der Waals surface area contributed by atoms with Gasteiger partial charge in [-0.3, -0.25) is 0 Å². The molecule has 1 aromatic heterocycles. The maximum absolute atomic E-state index is 5.52. The van der Waals surface area contributed by atoms with Gasteiger partial charge in [-0.25, -0.2) is 0 Å². The van der Waals surface area contributed by atoms with E-state index < -0.39 is 0 Å². The highest BCUT2D eigenvalue weighted by Crippen LogP contribution is 2.41. The van der Waals surface area contributed by atoms with Gasteiger partial charge in [0.2, 0.25) is 0 Å². The molecule has 3 heteroatoms. The molecule has 0 amide bonds. The van der Waals surface area contributed by atoms with Crippen LogP contribution in [0.2, 0.25) is 0 Å². The smallest absolute Gasteiger partial charge is 0.0587 e. The van der Waals surface area contributed by atoms with Crippen molar-refractivity contribution in [3.63, 3.8) is 0 Å². The van der Waals surface area contributed by atoms with Crippen molar-refractivity contribution in [3.05, 3.63) is 35.5 Å². The topological polar surface area (TPSA) is 37.0 Å². The predicted octanol–water partition coefficient (Wildman–Crippen LogP) is 2.35. The number of aryl methyl sites for hydroxylation is 1. The average Bonchev–Trinajstić information content (AvgIpc) is 2.66. The molecule has 3 rings (SSSR count). The third-order valence-electron chi connectivity index (χ3n) is 4.03. The number of nitrogens with one attached hydrogen (secondary N) is 2. The second-order valence-electron chi connectivity index (χ2n) is 5.30. The molecule has 1 aromatic carbocycles. The predicted molar refractivity (Wildman–Crippen MR) is 74.1 cm³/mol. The van der Waals surface area contributed by atoms with Crippen molar-refractivity contribution in [2.75, 3.05) is 26.8 Å². The van der Waals surface area contributed by atoms with Crippen LogP contribution in [0, 0.1) is 6.92 Å². The van der Waals surface area contributed by atoms with Crippen LogP contribution < -0.4 is 5.32 Å². The number of hydrogen-bond donors (Lipinski definition) is 2. The second-order valence-corrected chi connectivity index (χ2v) is 5.30. The number of H-pyrrole nitrogens is 1. The molecule has 2 aromatic rings. The summed E-state index contributed by atoms with van der Waals surface area (Å²) in [7, 11) is 2.01. The minimum Gasteiger partial charge on any atom is -0.379 e. The van der Waals surface area contributed by atoms with Gasteiger partial charge in [0.25, 0.3) is 0 Å². The Balaban J connectivity index is 2.09. The number of aromatic nitrogens is 1. The van der Waals surface area contributed by atoms with Crippen molar-refractivity contribution in [2.24, 2.45) is 0 Å². The van der Waals surface area contributed by atoms with Crippen LogP contribution in [0.5, 0.6) is 0 Å².